The Labute approximate surface area is 210 Å². The molecular weight excluding hydrogens is 520 g/mol. The molecule has 3 atom stereocenters. The highest BCUT2D eigenvalue weighted by atomic mass is 32.2. The quantitative estimate of drug-likeness (QED) is 0.0720. The van der Waals surface area contributed by atoms with Gasteiger partial charge in [0.15, 0.2) is 10.8 Å². The molecule has 0 bridgehead atoms. The predicted molar refractivity (Wildman–Crippen MR) is 125 cm³/mol. The van der Waals surface area contributed by atoms with E-state index in [-0.39, 0.29) is 22.3 Å². The lowest BCUT2D eigenvalue weighted by molar-refractivity contribution is -0.158. The maximum Gasteiger partial charge on any atom is 0.365 e. The van der Waals surface area contributed by atoms with Gasteiger partial charge < -0.3 is 30.8 Å². The third-order valence-electron chi connectivity index (χ3n) is 4.76. The zero-order valence-electron chi connectivity index (χ0n) is 18.3. The number of allylic oxidation sites excluding steroid dienone is 1. The number of hydrogen-bond acceptors (Lipinski definition) is 13. The van der Waals surface area contributed by atoms with E-state index in [1.807, 2.05) is 0 Å². The van der Waals surface area contributed by atoms with Crippen molar-refractivity contribution in [1.82, 2.24) is 15.2 Å². The largest absolute Gasteiger partial charge is 0.481 e. The summed E-state index contributed by atoms with van der Waals surface area (Å²) < 4.78 is 4.64. The first-order valence-electron chi connectivity index (χ1n) is 9.98. The molecular formula is C19H20N6O9S2. The fraction of sp³-hybridized carbons (Fsp3) is 0.316. The molecule has 2 aliphatic rings. The highest BCUT2D eigenvalue weighted by molar-refractivity contribution is 8.00. The van der Waals surface area contributed by atoms with Crippen LogP contribution in [-0.2, 0) is 33.5 Å². The van der Waals surface area contributed by atoms with Gasteiger partial charge >= 0.3 is 17.9 Å². The number of anilines is 1. The lowest BCUT2D eigenvalue weighted by Gasteiger charge is -2.49. The van der Waals surface area contributed by atoms with Crippen molar-refractivity contribution in [2.24, 2.45) is 10.9 Å². The molecule has 15 nitrogen and oxygen atoms in total. The fourth-order valence-corrected chi connectivity index (χ4v) is 4.97. The molecule has 36 heavy (non-hydrogen) atoms. The van der Waals surface area contributed by atoms with E-state index in [4.69, 9.17) is 21.4 Å². The van der Waals surface area contributed by atoms with Gasteiger partial charge in [-0.05, 0) is 5.57 Å². The summed E-state index contributed by atoms with van der Waals surface area (Å²) in [5, 5.41) is 24.9. The maximum absolute atomic E-state index is 13.0. The van der Waals surface area contributed by atoms with Crippen molar-refractivity contribution < 1.29 is 43.8 Å². The van der Waals surface area contributed by atoms with Gasteiger partial charge in [0.2, 0.25) is 0 Å². The van der Waals surface area contributed by atoms with Crippen LogP contribution in [0.15, 0.2) is 34.5 Å². The van der Waals surface area contributed by atoms with E-state index in [2.05, 4.69) is 26.8 Å². The number of rotatable bonds is 11. The fourth-order valence-electron chi connectivity index (χ4n) is 3.08. The second kappa shape index (κ2) is 11.2. The molecule has 0 spiro atoms. The molecule has 192 valence electrons. The molecule has 2 unspecified atom stereocenters. The molecule has 0 aliphatic carbocycles. The summed E-state index contributed by atoms with van der Waals surface area (Å²) >= 11 is 2.21. The lowest BCUT2D eigenvalue weighted by Crippen LogP contribution is -2.71. The number of carboxylic acids is 2. The number of aliphatic carboxylic acids is 2. The number of thioether (sulfide) groups is 1. The number of aromatic nitrogens is 1. The second-order valence-corrected chi connectivity index (χ2v) is 9.09. The first-order valence-corrected chi connectivity index (χ1v) is 11.9. The number of fused-ring (bicyclic) bond motifs is 1. The number of nitrogen functional groups attached to an aromatic ring is 1. The van der Waals surface area contributed by atoms with Crippen molar-refractivity contribution in [3.63, 3.8) is 0 Å². The first-order chi connectivity index (χ1) is 17.0. The number of nitrogens with two attached hydrogens (primary N) is 2. The molecule has 0 radical (unpaired) electrons. The number of nitrogens with one attached hydrogen (secondary N) is 1. The first kappa shape index (κ1) is 26.6. The van der Waals surface area contributed by atoms with Crippen LogP contribution in [-0.4, -0.2) is 85.5 Å². The maximum atomic E-state index is 13.0. The summed E-state index contributed by atoms with van der Waals surface area (Å²) in [6.07, 6.45) is -0.893. The van der Waals surface area contributed by atoms with Crippen molar-refractivity contribution in [2.45, 2.75) is 24.1 Å². The number of ether oxygens (including phenoxy) is 1. The Morgan fingerprint density at radius 2 is 2.11 bits per heavy atom. The van der Waals surface area contributed by atoms with E-state index in [9.17, 15) is 29.1 Å². The number of nitrogens with zero attached hydrogens (tertiary/aromatic N) is 3. The molecule has 2 aliphatic heterocycles. The van der Waals surface area contributed by atoms with Crippen LogP contribution >= 0.6 is 23.1 Å². The summed E-state index contributed by atoms with van der Waals surface area (Å²) in [6.45, 7) is 3.11. The number of hydrogen-bond donors (Lipinski definition) is 5. The normalized spacial score (nSPS) is 20.1. The van der Waals surface area contributed by atoms with E-state index < -0.39 is 66.1 Å². The zero-order valence-corrected chi connectivity index (χ0v) is 19.9. The van der Waals surface area contributed by atoms with Crippen LogP contribution in [0, 0.1) is 0 Å². The van der Waals surface area contributed by atoms with Crippen LogP contribution in [0.4, 0.5) is 5.13 Å². The smallest absolute Gasteiger partial charge is 0.365 e. The van der Waals surface area contributed by atoms with Crippen LogP contribution in [0.5, 0.6) is 0 Å². The third kappa shape index (κ3) is 5.64. The van der Waals surface area contributed by atoms with E-state index in [1.165, 1.54) is 23.2 Å². The zero-order chi connectivity index (χ0) is 26.6. The van der Waals surface area contributed by atoms with E-state index in [1.54, 1.807) is 0 Å². The molecule has 1 aromatic heterocycles. The number of carbonyl (C=O) groups is 5. The standard InChI is InChI=1S/C19H20N6O9S2/c1-2-7-5-35-16-11(15(29)25(16)12(7)17(30)31)23-14(28)10(8-6-36-19(21)22-8)24-34-13(20)18(32)33-4-3-9(26)27/h2,6,11,13,16H,1,3-5,20H2,(H2,21,22)(H,23,28)(H,26,27)(H,30,31)/b24-10+/t11?,13?,16-/m1/s1. The molecule has 1 saturated heterocycles. The number of esters is 1. The number of carboxylic acid groups (broad SMARTS) is 2. The summed E-state index contributed by atoms with van der Waals surface area (Å²) in [5.41, 5.74) is 10.8. The van der Waals surface area contributed by atoms with Gasteiger partial charge in [-0.2, -0.15) is 0 Å². The average molecular weight is 541 g/mol. The highest BCUT2D eigenvalue weighted by Gasteiger charge is 2.54. The summed E-state index contributed by atoms with van der Waals surface area (Å²) in [4.78, 5) is 69.6. The number of oxime groups is 1. The Kier molecular flexibility index (Phi) is 8.28. The Morgan fingerprint density at radius 1 is 1.39 bits per heavy atom. The van der Waals surface area contributed by atoms with Crippen LogP contribution in [0.25, 0.3) is 0 Å². The predicted octanol–water partition coefficient (Wildman–Crippen LogP) is -1.33. The molecule has 0 aromatic carbocycles. The van der Waals surface area contributed by atoms with E-state index in [0.29, 0.717) is 5.57 Å². The van der Waals surface area contributed by atoms with Gasteiger partial charge in [-0.1, -0.05) is 17.8 Å². The second-order valence-electron chi connectivity index (χ2n) is 7.09. The number of carbonyl (C=O) groups excluding carboxylic acids is 3. The number of thiazole rings is 1. The van der Waals surface area contributed by atoms with Crippen LogP contribution < -0.4 is 16.8 Å². The molecule has 3 heterocycles. The molecule has 2 amide bonds. The lowest BCUT2D eigenvalue weighted by atomic mass is 10.0. The van der Waals surface area contributed by atoms with Gasteiger partial charge in [0, 0.05) is 11.1 Å². The van der Waals surface area contributed by atoms with Gasteiger partial charge in [-0.15, -0.1) is 23.1 Å². The van der Waals surface area contributed by atoms with Crippen molar-refractivity contribution in [1.29, 1.82) is 0 Å². The minimum Gasteiger partial charge on any atom is -0.481 e. The minimum atomic E-state index is -1.80. The van der Waals surface area contributed by atoms with Gasteiger partial charge in [-0.3, -0.25) is 25.0 Å². The van der Waals surface area contributed by atoms with Crippen molar-refractivity contribution >= 4 is 63.7 Å². The van der Waals surface area contributed by atoms with Gasteiger partial charge in [-0.25, -0.2) is 14.6 Å². The SMILES string of the molecule is C=CC1=C(C(=O)O)N2C(=O)C(NC(=O)/C(=N/OC(N)C(=O)OCCC(=O)O)c3csc(N)n3)[C@H]2SC1. The van der Waals surface area contributed by atoms with E-state index >= 15 is 0 Å². The van der Waals surface area contributed by atoms with Crippen LogP contribution in [0.3, 0.4) is 0 Å². The third-order valence-corrected chi connectivity index (χ3v) is 6.74. The van der Waals surface area contributed by atoms with Crippen molar-refractivity contribution in [3.05, 3.63) is 35.0 Å². The summed E-state index contributed by atoms with van der Waals surface area (Å²) in [7, 11) is 0. The molecule has 1 aromatic rings. The molecule has 1 fully saturated rings. The van der Waals surface area contributed by atoms with Crippen LogP contribution in [0.1, 0.15) is 12.1 Å². The average Bonchev–Trinajstić information content (AvgIpc) is 3.26. The monoisotopic (exact) mass is 540 g/mol. The topological polar surface area (TPSA) is 237 Å². The van der Waals surface area contributed by atoms with Gasteiger partial charge in [0.25, 0.3) is 18.0 Å². The molecule has 0 saturated carbocycles. The molecule has 17 heteroatoms. The van der Waals surface area contributed by atoms with Crippen molar-refractivity contribution in [3.8, 4) is 0 Å². The van der Waals surface area contributed by atoms with Crippen molar-refractivity contribution in [2.75, 3.05) is 18.1 Å². The Balaban J connectivity index is 1.74. The number of β-lactam (4-membered cyclic amide) rings is 1. The Hall–Kier alpha value is -3.96. The van der Waals surface area contributed by atoms with Gasteiger partial charge in [0.1, 0.15) is 29.4 Å². The minimum absolute atomic E-state index is 0.0403. The van der Waals surface area contributed by atoms with Crippen LogP contribution in [0.2, 0.25) is 0 Å². The highest BCUT2D eigenvalue weighted by Crippen LogP contribution is 2.40. The molecule has 7 N–H and O–H groups in total. The van der Waals surface area contributed by atoms with Gasteiger partial charge in [0.05, 0.1) is 6.42 Å². The summed E-state index contributed by atoms with van der Waals surface area (Å²) in [5.74, 6) is -4.95. The summed E-state index contributed by atoms with van der Waals surface area (Å²) in [6, 6.07) is -1.08. The Bertz CT molecular complexity index is 1180. The van der Waals surface area contributed by atoms with E-state index in [0.717, 1.165) is 16.2 Å². The Morgan fingerprint density at radius 3 is 2.69 bits per heavy atom. The molecule has 3 rings (SSSR count). The number of amides is 2.